The van der Waals surface area contributed by atoms with Crippen LogP contribution in [-0.2, 0) is 4.74 Å². The summed E-state index contributed by atoms with van der Waals surface area (Å²) < 4.78 is 25.6. The minimum atomic E-state index is -0.521. The molecule has 1 aliphatic carbocycles. The molecule has 1 unspecified atom stereocenters. The predicted octanol–water partition coefficient (Wildman–Crippen LogP) is 2.77. The number of halogens is 1. The largest absolute Gasteiger partial charge is 0.484 e. The Morgan fingerprint density at radius 1 is 1.36 bits per heavy atom. The maximum Gasteiger partial charge on any atom is 0.167 e. The average molecular weight is 385 g/mol. The Kier molecular flexibility index (Phi) is 4.66. The molecule has 2 aliphatic rings. The lowest BCUT2D eigenvalue weighted by atomic mass is 10.0. The summed E-state index contributed by atoms with van der Waals surface area (Å²) in [4.78, 5) is 10.7. The first-order chi connectivity index (χ1) is 13.3. The Bertz CT molecular complexity index is 915. The Hall–Kier alpha value is -2.74. The first-order valence-corrected chi connectivity index (χ1v) is 9.40. The van der Waals surface area contributed by atoms with Crippen LogP contribution in [0.5, 0.6) is 5.75 Å². The first kappa shape index (κ1) is 18.6. The first-order valence-electron chi connectivity index (χ1n) is 9.40. The predicted molar refractivity (Wildman–Crippen MR) is 105 cm³/mol. The molecule has 0 amide bonds. The van der Waals surface area contributed by atoms with E-state index in [2.05, 4.69) is 14.9 Å². The molecule has 2 heterocycles. The third kappa shape index (κ3) is 3.77. The second-order valence-electron chi connectivity index (χ2n) is 7.69. The maximum absolute atomic E-state index is 14.3. The van der Waals surface area contributed by atoms with Crippen molar-refractivity contribution in [2.24, 2.45) is 0 Å². The highest BCUT2D eigenvalue weighted by molar-refractivity contribution is 6.13. The van der Waals surface area contributed by atoms with Crippen LogP contribution in [0.25, 0.3) is 0 Å². The van der Waals surface area contributed by atoms with Crippen molar-refractivity contribution < 1.29 is 13.9 Å². The van der Waals surface area contributed by atoms with E-state index in [1.807, 2.05) is 13.8 Å². The van der Waals surface area contributed by atoms with Crippen LogP contribution in [0.3, 0.4) is 0 Å². The molecule has 1 aromatic carbocycles. The van der Waals surface area contributed by atoms with Crippen molar-refractivity contribution in [3.8, 4) is 5.75 Å². The van der Waals surface area contributed by atoms with Crippen LogP contribution in [0, 0.1) is 11.2 Å². The summed E-state index contributed by atoms with van der Waals surface area (Å²) in [6, 6.07) is 4.46. The molecule has 0 spiro atoms. The summed E-state index contributed by atoms with van der Waals surface area (Å²) >= 11 is 0. The molecule has 3 N–H and O–H groups in total. The van der Waals surface area contributed by atoms with Gasteiger partial charge in [0.25, 0.3) is 0 Å². The van der Waals surface area contributed by atoms with Crippen molar-refractivity contribution in [3.63, 3.8) is 0 Å². The molecule has 1 saturated carbocycles. The summed E-state index contributed by atoms with van der Waals surface area (Å²) in [6.07, 6.45) is 3.32. The molecule has 2 fully saturated rings. The van der Waals surface area contributed by atoms with Crippen LogP contribution >= 0.6 is 0 Å². The molecule has 1 saturated heterocycles. The normalized spacial score (nSPS) is 20.7. The Balaban J connectivity index is 1.62. The molecule has 4 rings (SSSR count). The van der Waals surface area contributed by atoms with E-state index in [-0.39, 0.29) is 28.9 Å². The lowest BCUT2D eigenvalue weighted by molar-refractivity contribution is 0.0529. The summed E-state index contributed by atoms with van der Waals surface area (Å²) in [5, 5.41) is 8.58. The van der Waals surface area contributed by atoms with Crippen LogP contribution in [0.1, 0.15) is 37.9 Å². The van der Waals surface area contributed by atoms with Gasteiger partial charge in [-0.15, -0.1) is 0 Å². The monoisotopic (exact) mass is 385 g/mol. The van der Waals surface area contributed by atoms with E-state index in [4.69, 9.17) is 20.6 Å². The van der Waals surface area contributed by atoms with Crippen molar-refractivity contribution in [2.45, 2.75) is 38.4 Å². The van der Waals surface area contributed by atoms with Gasteiger partial charge in [-0.1, -0.05) is 0 Å². The van der Waals surface area contributed by atoms with Crippen LogP contribution in [0.2, 0.25) is 0 Å². The third-order valence-corrected chi connectivity index (χ3v) is 5.16. The maximum atomic E-state index is 14.3. The number of ether oxygens (including phenoxy) is 2. The number of nitrogens with one attached hydrogen (secondary N) is 1. The van der Waals surface area contributed by atoms with Gasteiger partial charge in [0.2, 0.25) is 0 Å². The minimum Gasteiger partial charge on any atom is -0.484 e. The molecule has 1 aliphatic heterocycles. The van der Waals surface area contributed by atoms with E-state index >= 15 is 0 Å². The zero-order valence-electron chi connectivity index (χ0n) is 16.0. The van der Waals surface area contributed by atoms with Crippen LogP contribution in [0.4, 0.5) is 15.9 Å². The molecular formula is C20H24FN5O2. The van der Waals surface area contributed by atoms with Gasteiger partial charge in [-0.2, -0.15) is 0 Å². The fourth-order valence-electron chi connectivity index (χ4n) is 3.23. The SMILES string of the molecule is CC1CN(c2cc(C(=N)c3cc(OC4(C)CC4)c(F)cc3N)ncn2)CCO1. The van der Waals surface area contributed by atoms with Crippen LogP contribution < -0.4 is 15.4 Å². The molecule has 0 radical (unpaired) electrons. The van der Waals surface area contributed by atoms with Gasteiger partial charge in [0.05, 0.1) is 24.1 Å². The highest BCUT2D eigenvalue weighted by atomic mass is 19.1. The Morgan fingerprint density at radius 3 is 2.86 bits per heavy atom. The average Bonchev–Trinajstić information content (AvgIpc) is 3.40. The zero-order valence-corrected chi connectivity index (χ0v) is 16.0. The van der Waals surface area contributed by atoms with Crippen molar-refractivity contribution in [3.05, 3.63) is 41.6 Å². The molecule has 148 valence electrons. The van der Waals surface area contributed by atoms with Gasteiger partial charge in [0.15, 0.2) is 11.6 Å². The van der Waals surface area contributed by atoms with E-state index < -0.39 is 5.82 Å². The number of hydrogen-bond acceptors (Lipinski definition) is 7. The molecule has 1 aromatic heterocycles. The zero-order chi connectivity index (χ0) is 19.9. The molecule has 8 heteroatoms. The second kappa shape index (κ2) is 7.01. The number of rotatable bonds is 5. The lowest BCUT2D eigenvalue weighted by Gasteiger charge is -2.32. The highest BCUT2D eigenvalue weighted by Crippen LogP contribution is 2.41. The van der Waals surface area contributed by atoms with Gasteiger partial charge in [-0.05, 0) is 32.8 Å². The molecule has 0 bridgehead atoms. The van der Waals surface area contributed by atoms with Gasteiger partial charge in [-0.3, -0.25) is 5.41 Å². The third-order valence-electron chi connectivity index (χ3n) is 5.16. The number of hydrogen-bond donors (Lipinski definition) is 2. The van der Waals surface area contributed by atoms with E-state index in [1.54, 1.807) is 6.07 Å². The van der Waals surface area contributed by atoms with Crippen molar-refractivity contribution >= 4 is 17.2 Å². The van der Waals surface area contributed by atoms with Gasteiger partial charge in [-0.25, -0.2) is 14.4 Å². The van der Waals surface area contributed by atoms with Crippen LogP contribution in [0.15, 0.2) is 24.5 Å². The summed E-state index contributed by atoms with van der Waals surface area (Å²) in [5.74, 6) is 0.325. The Labute approximate surface area is 163 Å². The Morgan fingerprint density at radius 2 is 2.14 bits per heavy atom. The van der Waals surface area contributed by atoms with Crippen LogP contribution in [-0.4, -0.2) is 47.1 Å². The minimum absolute atomic E-state index is 0.105. The highest BCUT2D eigenvalue weighted by Gasteiger charge is 2.40. The molecule has 7 nitrogen and oxygen atoms in total. The molecule has 2 aromatic rings. The molecular weight excluding hydrogens is 361 g/mol. The number of morpholine rings is 1. The smallest absolute Gasteiger partial charge is 0.167 e. The summed E-state index contributed by atoms with van der Waals surface area (Å²) in [6.45, 7) is 6.02. The van der Waals surface area contributed by atoms with E-state index in [1.165, 1.54) is 18.5 Å². The fourth-order valence-corrected chi connectivity index (χ4v) is 3.23. The fraction of sp³-hybridized carbons (Fsp3) is 0.450. The number of benzene rings is 1. The summed E-state index contributed by atoms with van der Waals surface area (Å²) in [5.41, 5.74) is 6.77. The lowest BCUT2D eigenvalue weighted by Crippen LogP contribution is -2.41. The summed E-state index contributed by atoms with van der Waals surface area (Å²) in [7, 11) is 0. The number of aromatic nitrogens is 2. The van der Waals surface area contributed by atoms with Crippen molar-refractivity contribution in [1.82, 2.24) is 9.97 Å². The van der Waals surface area contributed by atoms with Crippen molar-refractivity contribution in [2.75, 3.05) is 30.3 Å². The standard InChI is InChI=1S/C20H24FN5O2/c1-12-10-26(5-6-27-12)18-9-16(24-11-25-18)19(23)13-7-17(14(21)8-15(13)22)28-20(2)3-4-20/h7-9,11-12,23H,3-6,10,22H2,1-2H3. The van der Waals surface area contributed by atoms with Gasteiger partial charge < -0.3 is 20.1 Å². The second-order valence-corrected chi connectivity index (χ2v) is 7.69. The quantitative estimate of drug-likeness (QED) is 0.607. The molecule has 28 heavy (non-hydrogen) atoms. The van der Waals surface area contributed by atoms with E-state index in [0.717, 1.165) is 31.7 Å². The van der Waals surface area contributed by atoms with Gasteiger partial charge in [0, 0.05) is 36.5 Å². The number of anilines is 2. The molecule has 1 atom stereocenters. The van der Waals surface area contributed by atoms with Gasteiger partial charge >= 0.3 is 0 Å². The van der Waals surface area contributed by atoms with E-state index in [0.29, 0.717) is 17.9 Å². The van der Waals surface area contributed by atoms with E-state index in [9.17, 15) is 4.39 Å². The number of nitrogens with two attached hydrogens (primary N) is 1. The number of nitrogens with zero attached hydrogens (tertiary/aromatic N) is 3. The topological polar surface area (TPSA) is 97.4 Å². The van der Waals surface area contributed by atoms with Gasteiger partial charge in [0.1, 0.15) is 17.7 Å². The number of nitrogen functional groups attached to an aromatic ring is 1. The van der Waals surface area contributed by atoms with Crippen molar-refractivity contribution in [1.29, 1.82) is 5.41 Å².